The number of ether oxygens (including phenoxy) is 1. The summed E-state index contributed by atoms with van der Waals surface area (Å²) in [5.41, 5.74) is 1.06. The molecule has 0 unspecified atom stereocenters. The van der Waals surface area contributed by atoms with E-state index in [9.17, 15) is 0 Å². The van der Waals surface area contributed by atoms with Crippen LogP contribution in [-0.4, -0.2) is 12.5 Å². The van der Waals surface area contributed by atoms with Gasteiger partial charge < -0.3 is 4.74 Å². The number of halogens is 2. The molecule has 0 fully saturated rings. The van der Waals surface area contributed by atoms with Gasteiger partial charge in [0.2, 0.25) is 0 Å². The number of rotatable bonds is 7. The zero-order chi connectivity index (χ0) is 11.8. The van der Waals surface area contributed by atoms with Crippen molar-refractivity contribution in [2.24, 2.45) is 0 Å². The van der Waals surface area contributed by atoms with Crippen LogP contribution in [-0.2, 0) is 0 Å². The highest BCUT2D eigenvalue weighted by molar-refractivity contribution is 6.31. The highest BCUT2D eigenvalue weighted by Gasteiger charge is 1.98. The maximum Gasteiger partial charge on any atom is 0.119 e. The van der Waals surface area contributed by atoms with Gasteiger partial charge in [-0.2, -0.15) is 0 Å². The molecule has 0 aliphatic carbocycles. The van der Waals surface area contributed by atoms with Crippen LogP contribution < -0.4 is 4.74 Å². The fraction of sp³-hybridized carbons (Fsp3) is 0.538. The minimum absolute atomic E-state index is 0.761. The molecule has 1 aromatic carbocycles. The number of hydrogen-bond donors (Lipinski definition) is 0. The molecule has 0 N–H and O–H groups in total. The predicted molar refractivity (Wildman–Crippen MR) is 70.9 cm³/mol. The first-order valence-corrected chi connectivity index (χ1v) is 6.60. The number of benzene rings is 1. The molecule has 0 aliphatic heterocycles. The van der Waals surface area contributed by atoms with Gasteiger partial charge in [0.05, 0.1) is 6.61 Å². The summed E-state index contributed by atoms with van der Waals surface area (Å²) in [6, 6.07) is 5.76. The third-order valence-corrected chi connectivity index (χ3v) is 3.12. The summed E-state index contributed by atoms with van der Waals surface area (Å²) < 4.78 is 5.63. The summed E-state index contributed by atoms with van der Waals surface area (Å²) >= 11 is 11.5. The maximum absolute atomic E-state index is 5.93. The summed E-state index contributed by atoms with van der Waals surface area (Å²) in [5, 5.41) is 0.787. The normalized spacial score (nSPS) is 10.4. The second kappa shape index (κ2) is 7.81. The molecular formula is C13H18Cl2O. The van der Waals surface area contributed by atoms with E-state index in [0.29, 0.717) is 0 Å². The highest BCUT2D eigenvalue weighted by Crippen LogP contribution is 2.21. The van der Waals surface area contributed by atoms with Crippen LogP contribution in [0.25, 0.3) is 0 Å². The van der Waals surface area contributed by atoms with E-state index in [0.717, 1.165) is 41.7 Å². The molecule has 0 amide bonds. The monoisotopic (exact) mass is 260 g/mol. The molecule has 1 rings (SSSR count). The van der Waals surface area contributed by atoms with Gasteiger partial charge in [-0.05, 0) is 43.5 Å². The van der Waals surface area contributed by atoms with Crippen LogP contribution in [0.15, 0.2) is 18.2 Å². The van der Waals surface area contributed by atoms with Crippen molar-refractivity contribution in [1.82, 2.24) is 0 Å². The SMILES string of the molecule is Cc1cc(OCCCCCCCl)ccc1Cl. The fourth-order valence-corrected chi connectivity index (χ4v) is 1.75. The topological polar surface area (TPSA) is 9.23 Å². The largest absolute Gasteiger partial charge is 0.494 e. The molecule has 0 saturated carbocycles. The van der Waals surface area contributed by atoms with E-state index in [4.69, 9.17) is 27.9 Å². The van der Waals surface area contributed by atoms with Crippen molar-refractivity contribution in [2.45, 2.75) is 32.6 Å². The van der Waals surface area contributed by atoms with Crippen molar-refractivity contribution in [3.63, 3.8) is 0 Å². The molecule has 1 aromatic rings. The third-order valence-electron chi connectivity index (χ3n) is 2.43. The van der Waals surface area contributed by atoms with Crippen molar-refractivity contribution in [1.29, 1.82) is 0 Å². The zero-order valence-corrected chi connectivity index (χ0v) is 11.2. The summed E-state index contributed by atoms with van der Waals surface area (Å²) in [5.74, 6) is 1.66. The van der Waals surface area contributed by atoms with E-state index in [-0.39, 0.29) is 0 Å². The van der Waals surface area contributed by atoms with E-state index in [1.165, 1.54) is 12.8 Å². The number of alkyl halides is 1. The van der Waals surface area contributed by atoms with E-state index in [1.807, 2.05) is 25.1 Å². The predicted octanol–water partition coefficient (Wildman–Crippen LogP) is 4.83. The molecule has 3 heteroatoms. The van der Waals surface area contributed by atoms with Crippen molar-refractivity contribution in [3.8, 4) is 5.75 Å². The van der Waals surface area contributed by atoms with Crippen LogP contribution >= 0.6 is 23.2 Å². The van der Waals surface area contributed by atoms with Gasteiger partial charge >= 0.3 is 0 Å². The lowest BCUT2D eigenvalue weighted by molar-refractivity contribution is 0.305. The zero-order valence-electron chi connectivity index (χ0n) is 9.64. The molecule has 90 valence electrons. The summed E-state index contributed by atoms with van der Waals surface area (Å²) in [6.45, 7) is 2.75. The minimum atomic E-state index is 0.761. The van der Waals surface area contributed by atoms with Gasteiger partial charge in [0, 0.05) is 10.9 Å². The molecule has 0 aliphatic rings. The van der Waals surface area contributed by atoms with Crippen LogP contribution in [0.2, 0.25) is 5.02 Å². The average molecular weight is 261 g/mol. The van der Waals surface area contributed by atoms with Crippen LogP contribution in [0, 0.1) is 6.92 Å². The van der Waals surface area contributed by atoms with Crippen LogP contribution in [0.3, 0.4) is 0 Å². The van der Waals surface area contributed by atoms with Crippen LogP contribution in [0.1, 0.15) is 31.2 Å². The quantitative estimate of drug-likeness (QED) is 0.504. The highest BCUT2D eigenvalue weighted by atomic mass is 35.5. The van der Waals surface area contributed by atoms with Crippen molar-refractivity contribution >= 4 is 23.2 Å². The van der Waals surface area contributed by atoms with Gasteiger partial charge in [-0.3, -0.25) is 0 Å². The van der Waals surface area contributed by atoms with Crippen LogP contribution in [0.4, 0.5) is 0 Å². The van der Waals surface area contributed by atoms with Gasteiger partial charge in [-0.15, -0.1) is 11.6 Å². The van der Waals surface area contributed by atoms with Gasteiger partial charge in [-0.25, -0.2) is 0 Å². The first-order valence-electron chi connectivity index (χ1n) is 5.69. The van der Waals surface area contributed by atoms with Gasteiger partial charge in [-0.1, -0.05) is 24.4 Å². The van der Waals surface area contributed by atoms with Crippen molar-refractivity contribution in [3.05, 3.63) is 28.8 Å². The van der Waals surface area contributed by atoms with Crippen LogP contribution in [0.5, 0.6) is 5.75 Å². The number of hydrogen-bond acceptors (Lipinski definition) is 1. The Labute approximate surface area is 108 Å². The molecule has 0 bridgehead atoms. The van der Waals surface area contributed by atoms with Gasteiger partial charge in [0.15, 0.2) is 0 Å². The molecular weight excluding hydrogens is 243 g/mol. The smallest absolute Gasteiger partial charge is 0.119 e. The number of unbranched alkanes of at least 4 members (excludes halogenated alkanes) is 3. The lowest BCUT2D eigenvalue weighted by Crippen LogP contribution is -1.97. The third kappa shape index (κ3) is 5.09. The Morgan fingerprint density at radius 1 is 1.12 bits per heavy atom. The Morgan fingerprint density at radius 3 is 2.56 bits per heavy atom. The van der Waals surface area contributed by atoms with E-state index in [2.05, 4.69) is 0 Å². The molecule has 0 spiro atoms. The molecule has 0 aromatic heterocycles. The maximum atomic E-state index is 5.93. The molecule has 0 heterocycles. The summed E-state index contributed by atoms with van der Waals surface area (Å²) in [7, 11) is 0. The summed E-state index contributed by atoms with van der Waals surface area (Å²) in [6.07, 6.45) is 4.55. The van der Waals surface area contributed by atoms with Gasteiger partial charge in [0.25, 0.3) is 0 Å². The summed E-state index contributed by atoms with van der Waals surface area (Å²) in [4.78, 5) is 0. The molecule has 0 radical (unpaired) electrons. The standard InChI is InChI=1S/C13H18Cl2O/c1-11-10-12(6-7-13(11)15)16-9-5-3-2-4-8-14/h6-7,10H,2-5,8-9H2,1H3. The van der Waals surface area contributed by atoms with Crippen molar-refractivity contribution < 1.29 is 4.74 Å². The Morgan fingerprint density at radius 2 is 1.88 bits per heavy atom. The first-order chi connectivity index (χ1) is 7.74. The molecule has 16 heavy (non-hydrogen) atoms. The first kappa shape index (κ1) is 13.7. The van der Waals surface area contributed by atoms with E-state index >= 15 is 0 Å². The number of aryl methyl sites for hydroxylation is 1. The molecule has 0 saturated heterocycles. The Hall–Kier alpha value is -0.400. The Balaban J connectivity index is 2.19. The minimum Gasteiger partial charge on any atom is -0.494 e. The average Bonchev–Trinajstić information content (AvgIpc) is 2.28. The fourth-order valence-electron chi connectivity index (χ4n) is 1.45. The molecule has 1 nitrogen and oxygen atoms in total. The van der Waals surface area contributed by atoms with E-state index in [1.54, 1.807) is 0 Å². The second-order valence-corrected chi connectivity index (χ2v) is 4.65. The molecule has 0 atom stereocenters. The lowest BCUT2D eigenvalue weighted by atomic mass is 10.2. The Kier molecular flexibility index (Phi) is 6.67. The lowest BCUT2D eigenvalue weighted by Gasteiger charge is -2.07. The second-order valence-electron chi connectivity index (χ2n) is 3.86. The van der Waals surface area contributed by atoms with Gasteiger partial charge in [0.1, 0.15) is 5.75 Å². The Bertz CT molecular complexity index is 313. The van der Waals surface area contributed by atoms with Crippen molar-refractivity contribution in [2.75, 3.05) is 12.5 Å². The van der Waals surface area contributed by atoms with E-state index < -0.39 is 0 Å².